The van der Waals surface area contributed by atoms with Crippen molar-refractivity contribution in [2.75, 3.05) is 0 Å². The van der Waals surface area contributed by atoms with E-state index in [1.807, 2.05) is 11.3 Å². The molecule has 238 valence electrons. The molecule has 2 atom stereocenters. The quantitative estimate of drug-likeness (QED) is 0.193. The molecule has 0 saturated heterocycles. The Morgan fingerprint density at radius 1 is 0.480 bits per heavy atom. The van der Waals surface area contributed by atoms with E-state index >= 15 is 0 Å². The highest BCUT2D eigenvalue weighted by molar-refractivity contribution is 7.26. The standard InChI is InChI=1S/C46H33N3S/c1-3-12-30(13-4-1)31-22-24-33(25-23-31)41-29-40(32-14-5-2-6-15-32)47-46(48-41)49-42-20-9-7-16-36(42)39-28-34(26-27-43(39)49)35-18-11-19-38-37-17-8-10-21-44(37)50-45(35)38/h1-29,40,46-48H. The maximum absolute atomic E-state index is 3.96. The fraction of sp³-hybridized carbons (Fsp3) is 0.0435. The minimum absolute atomic E-state index is 0.0206. The molecule has 1 aliphatic rings. The molecule has 3 nitrogen and oxygen atoms in total. The van der Waals surface area contributed by atoms with Crippen LogP contribution in [0, 0.1) is 0 Å². The highest BCUT2D eigenvalue weighted by Crippen LogP contribution is 2.42. The Hall–Kier alpha value is -5.94. The lowest BCUT2D eigenvalue weighted by molar-refractivity contribution is 0.350. The van der Waals surface area contributed by atoms with Gasteiger partial charge in [-0.3, -0.25) is 5.32 Å². The first-order valence-corrected chi connectivity index (χ1v) is 18.0. The molecule has 50 heavy (non-hydrogen) atoms. The van der Waals surface area contributed by atoms with Gasteiger partial charge in [0.25, 0.3) is 0 Å². The van der Waals surface area contributed by atoms with Crippen molar-refractivity contribution in [2.24, 2.45) is 0 Å². The molecule has 0 spiro atoms. The van der Waals surface area contributed by atoms with Gasteiger partial charge in [-0.05, 0) is 63.7 Å². The number of nitrogens with zero attached hydrogens (tertiary/aromatic N) is 1. The van der Waals surface area contributed by atoms with Crippen LogP contribution in [0.2, 0.25) is 0 Å². The lowest BCUT2D eigenvalue weighted by Crippen LogP contribution is -2.43. The normalized spacial score (nSPS) is 16.2. The number of hydrogen-bond acceptors (Lipinski definition) is 3. The minimum Gasteiger partial charge on any atom is -0.352 e. The minimum atomic E-state index is -0.187. The smallest absolute Gasteiger partial charge is 0.160 e. The first-order valence-electron chi connectivity index (χ1n) is 17.2. The van der Waals surface area contributed by atoms with Crippen molar-refractivity contribution < 1.29 is 0 Å². The molecule has 0 bridgehead atoms. The van der Waals surface area contributed by atoms with Gasteiger partial charge in [0.2, 0.25) is 0 Å². The van der Waals surface area contributed by atoms with Gasteiger partial charge in [0.15, 0.2) is 6.29 Å². The van der Waals surface area contributed by atoms with Gasteiger partial charge < -0.3 is 9.88 Å². The van der Waals surface area contributed by atoms with Gasteiger partial charge in [-0.15, -0.1) is 11.3 Å². The zero-order valence-electron chi connectivity index (χ0n) is 27.3. The predicted octanol–water partition coefficient (Wildman–Crippen LogP) is 11.9. The summed E-state index contributed by atoms with van der Waals surface area (Å²) in [5.41, 5.74) is 10.8. The fourth-order valence-corrected chi connectivity index (χ4v) is 8.93. The topological polar surface area (TPSA) is 29.0 Å². The van der Waals surface area contributed by atoms with Gasteiger partial charge in [0, 0.05) is 36.6 Å². The molecular formula is C46H33N3S. The zero-order valence-corrected chi connectivity index (χ0v) is 28.1. The van der Waals surface area contributed by atoms with E-state index in [1.54, 1.807) is 0 Å². The Kier molecular flexibility index (Phi) is 6.90. The molecule has 9 aromatic rings. The third-order valence-electron chi connectivity index (χ3n) is 10.1. The van der Waals surface area contributed by atoms with E-state index in [0.717, 1.165) is 11.3 Å². The van der Waals surface area contributed by atoms with E-state index in [0.29, 0.717) is 0 Å². The van der Waals surface area contributed by atoms with E-state index < -0.39 is 0 Å². The summed E-state index contributed by atoms with van der Waals surface area (Å²) in [7, 11) is 0. The van der Waals surface area contributed by atoms with Crippen molar-refractivity contribution in [3.8, 4) is 22.3 Å². The Bertz CT molecular complexity index is 2700. The van der Waals surface area contributed by atoms with Crippen LogP contribution in [0.4, 0.5) is 0 Å². The average molecular weight is 660 g/mol. The molecule has 10 rings (SSSR count). The van der Waals surface area contributed by atoms with Crippen LogP contribution in [0.15, 0.2) is 176 Å². The van der Waals surface area contributed by atoms with Crippen LogP contribution in [0.5, 0.6) is 0 Å². The molecule has 1 aliphatic heterocycles. The number of para-hydroxylation sites is 1. The second kappa shape index (κ2) is 11.9. The number of rotatable bonds is 5. The van der Waals surface area contributed by atoms with Crippen molar-refractivity contribution in [1.29, 1.82) is 0 Å². The first-order chi connectivity index (χ1) is 24.8. The highest BCUT2D eigenvalue weighted by Gasteiger charge is 2.27. The van der Waals surface area contributed by atoms with Crippen molar-refractivity contribution in [2.45, 2.75) is 12.3 Å². The molecular weight excluding hydrogens is 627 g/mol. The van der Waals surface area contributed by atoms with Gasteiger partial charge in [-0.1, -0.05) is 146 Å². The molecule has 2 N–H and O–H groups in total. The van der Waals surface area contributed by atoms with Crippen molar-refractivity contribution in [3.05, 3.63) is 187 Å². The van der Waals surface area contributed by atoms with Crippen LogP contribution in [-0.2, 0) is 0 Å². The van der Waals surface area contributed by atoms with Crippen molar-refractivity contribution in [3.63, 3.8) is 0 Å². The monoisotopic (exact) mass is 659 g/mol. The summed E-state index contributed by atoms with van der Waals surface area (Å²) in [6, 6.07) is 61.5. The molecule has 0 fully saturated rings. The summed E-state index contributed by atoms with van der Waals surface area (Å²) in [6.45, 7) is 0. The maximum Gasteiger partial charge on any atom is 0.160 e. The summed E-state index contributed by atoms with van der Waals surface area (Å²) >= 11 is 1.88. The number of hydrogen-bond donors (Lipinski definition) is 2. The Morgan fingerprint density at radius 3 is 1.96 bits per heavy atom. The summed E-state index contributed by atoms with van der Waals surface area (Å²) in [6.07, 6.45) is 2.13. The van der Waals surface area contributed by atoms with E-state index in [2.05, 4.69) is 191 Å². The lowest BCUT2D eigenvalue weighted by Gasteiger charge is -2.34. The second-order valence-electron chi connectivity index (χ2n) is 13.0. The summed E-state index contributed by atoms with van der Waals surface area (Å²) in [5.74, 6) is 0. The maximum atomic E-state index is 3.96. The van der Waals surface area contributed by atoms with Crippen LogP contribution < -0.4 is 10.6 Å². The van der Waals surface area contributed by atoms with Crippen molar-refractivity contribution in [1.82, 2.24) is 15.2 Å². The van der Waals surface area contributed by atoms with Crippen molar-refractivity contribution >= 4 is 59.0 Å². The molecule has 0 aliphatic carbocycles. The summed E-state index contributed by atoms with van der Waals surface area (Å²) < 4.78 is 5.11. The highest BCUT2D eigenvalue weighted by atomic mass is 32.1. The summed E-state index contributed by atoms with van der Waals surface area (Å²) in [4.78, 5) is 0. The molecule has 3 heterocycles. The molecule has 2 aromatic heterocycles. The van der Waals surface area contributed by atoms with Crippen LogP contribution in [0.25, 0.3) is 69.9 Å². The zero-order chi connectivity index (χ0) is 33.0. The summed E-state index contributed by atoms with van der Waals surface area (Å²) in [5, 5.41) is 13.0. The third kappa shape index (κ3) is 4.84. The third-order valence-corrected chi connectivity index (χ3v) is 11.3. The molecule has 0 amide bonds. The molecule has 0 saturated carbocycles. The van der Waals surface area contributed by atoms with Gasteiger partial charge >= 0.3 is 0 Å². The molecule has 0 radical (unpaired) electrons. The Morgan fingerprint density at radius 2 is 1.12 bits per heavy atom. The molecule has 4 heteroatoms. The Balaban J connectivity index is 1.10. The Labute approximate surface area is 294 Å². The van der Waals surface area contributed by atoms with E-state index in [9.17, 15) is 0 Å². The number of benzene rings is 7. The van der Waals surface area contributed by atoms with Gasteiger partial charge in [0.05, 0.1) is 17.1 Å². The van der Waals surface area contributed by atoms with Crippen LogP contribution in [0.3, 0.4) is 0 Å². The van der Waals surface area contributed by atoms with Gasteiger partial charge in [-0.25, -0.2) is 0 Å². The molecule has 2 unspecified atom stereocenters. The number of aromatic nitrogens is 1. The largest absolute Gasteiger partial charge is 0.352 e. The SMILES string of the molecule is C1=C(c2ccc(-c3ccccc3)cc2)NC(n2c3ccccc3c3cc(-c4cccc5c4sc4ccccc45)ccc32)NC1c1ccccc1. The van der Waals surface area contributed by atoms with Gasteiger partial charge in [0.1, 0.15) is 0 Å². The molecule has 7 aromatic carbocycles. The predicted molar refractivity (Wildman–Crippen MR) is 212 cm³/mol. The van der Waals surface area contributed by atoms with E-state index in [1.165, 1.54) is 69.8 Å². The van der Waals surface area contributed by atoms with E-state index in [-0.39, 0.29) is 12.3 Å². The van der Waals surface area contributed by atoms with Crippen LogP contribution in [0.1, 0.15) is 23.5 Å². The average Bonchev–Trinajstić information content (AvgIpc) is 3.74. The number of fused-ring (bicyclic) bond motifs is 6. The van der Waals surface area contributed by atoms with Crippen LogP contribution in [-0.4, -0.2) is 4.57 Å². The van der Waals surface area contributed by atoms with E-state index in [4.69, 9.17) is 0 Å². The number of thiophene rings is 1. The first kappa shape index (κ1) is 29.0. The van der Waals surface area contributed by atoms with Gasteiger partial charge in [-0.2, -0.15) is 0 Å². The lowest BCUT2D eigenvalue weighted by atomic mass is 9.99. The number of nitrogens with one attached hydrogen (secondary N) is 2. The fourth-order valence-electron chi connectivity index (χ4n) is 7.69. The van der Waals surface area contributed by atoms with Crippen LogP contribution >= 0.6 is 11.3 Å². The second-order valence-corrected chi connectivity index (χ2v) is 14.1.